The zero-order valence-electron chi connectivity index (χ0n) is 11.1. The van der Waals surface area contributed by atoms with Crippen molar-refractivity contribution in [1.29, 1.82) is 0 Å². The molecule has 0 radical (unpaired) electrons. The summed E-state index contributed by atoms with van der Waals surface area (Å²) < 4.78 is 6.73. The van der Waals surface area contributed by atoms with Crippen LogP contribution in [0, 0.1) is 6.92 Å². The molecule has 100 valence electrons. The minimum absolute atomic E-state index is 0.621. The van der Waals surface area contributed by atoms with Gasteiger partial charge in [0.2, 0.25) is 5.88 Å². The molecular formula is C15H17BrN2O. The molecule has 0 atom stereocenters. The summed E-state index contributed by atoms with van der Waals surface area (Å²) in [6.45, 7) is 5.89. The van der Waals surface area contributed by atoms with Crippen LogP contribution in [0.2, 0.25) is 0 Å². The quantitative estimate of drug-likeness (QED) is 0.902. The van der Waals surface area contributed by atoms with E-state index in [2.05, 4.69) is 39.2 Å². The number of rotatable bonds is 5. The molecule has 1 aromatic carbocycles. The number of hydrogen-bond donors (Lipinski definition) is 1. The molecule has 0 aliphatic carbocycles. The maximum absolute atomic E-state index is 5.74. The molecule has 2 aromatic rings. The van der Waals surface area contributed by atoms with Crippen molar-refractivity contribution < 1.29 is 4.74 Å². The molecule has 0 spiro atoms. The van der Waals surface area contributed by atoms with Gasteiger partial charge in [0.05, 0.1) is 0 Å². The largest absolute Gasteiger partial charge is 0.439 e. The first-order chi connectivity index (χ1) is 9.19. The average Bonchev–Trinajstić information content (AvgIpc) is 2.38. The summed E-state index contributed by atoms with van der Waals surface area (Å²) in [4.78, 5) is 4.47. The van der Waals surface area contributed by atoms with E-state index >= 15 is 0 Å². The van der Waals surface area contributed by atoms with Gasteiger partial charge in [0.1, 0.15) is 5.75 Å². The van der Waals surface area contributed by atoms with Crippen LogP contribution in [0.4, 0.5) is 0 Å². The van der Waals surface area contributed by atoms with E-state index in [4.69, 9.17) is 4.74 Å². The van der Waals surface area contributed by atoms with Crippen molar-refractivity contribution in [2.45, 2.75) is 20.4 Å². The first kappa shape index (κ1) is 14.0. The van der Waals surface area contributed by atoms with E-state index in [9.17, 15) is 0 Å². The van der Waals surface area contributed by atoms with Gasteiger partial charge in [-0.3, -0.25) is 0 Å². The molecule has 0 saturated carbocycles. The van der Waals surface area contributed by atoms with Crippen molar-refractivity contribution in [3.05, 3.63) is 52.1 Å². The molecule has 0 saturated heterocycles. The number of pyridine rings is 1. The van der Waals surface area contributed by atoms with E-state index in [0.717, 1.165) is 29.0 Å². The number of hydrogen-bond acceptors (Lipinski definition) is 3. The van der Waals surface area contributed by atoms with Gasteiger partial charge in [-0.1, -0.05) is 35.0 Å². The van der Waals surface area contributed by atoms with Crippen LogP contribution in [0.5, 0.6) is 11.6 Å². The summed E-state index contributed by atoms with van der Waals surface area (Å²) in [5.41, 5.74) is 2.19. The second kappa shape index (κ2) is 6.68. The molecule has 0 unspecified atom stereocenters. The van der Waals surface area contributed by atoms with Crippen molar-refractivity contribution in [3.8, 4) is 11.6 Å². The predicted octanol–water partition coefficient (Wildman–Crippen LogP) is 4.05. The Hall–Kier alpha value is -1.39. The third-order valence-electron chi connectivity index (χ3n) is 2.75. The van der Waals surface area contributed by atoms with Crippen LogP contribution in [0.3, 0.4) is 0 Å². The summed E-state index contributed by atoms with van der Waals surface area (Å²) in [5.74, 6) is 1.40. The fourth-order valence-electron chi connectivity index (χ4n) is 1.72. The third-order valence-corrected chi connectivity index (χ3v) is 3.25. The van der Waals surface area contributed by atoms with Crippen LogP contribution in [-0.4, -0.2) is 11.5 Å². The normalized spacial score (nSPS) is 10.5. The van der Waals surface area contributed by atoms with Crippen LogP contribution < -0.4 is 10.1 Å². The van der Waals surface area contributed by atoms with Crippen LogP contribution in [0.1, 0.15) is 18.2 Å². The highest BCUT2D eigenvalue weighted by Gasteiger charge is 2.03. The van der Waals surface area contributed by atoms with E-state index in [1.165, 1.54) is 5.56 Å². The second-order valence-electron chi connectivity index (χ2n) is 4.23. The van der Waals surface area contributed by atoms with E-state index in [1.807, 2.05) is 37.3 Å². The van der Waals surface area contributed by atoms with Crippen molar-refractivity contribution in [3.63, 3.8) is 0 Å². The number of ether oxygens (including phenoxy) is 1. The lowest BCUT2D eigenvalue weighted by atomic mass is 10.2. The Morgan fingerprint density at radius 3 is 2.79 bits per heavy atom. The highest BCUT2D eigenvalue weighted by atomic mass is 79.9. The van der Waals surface area contributed by atoms with Gasteiger partial charge in [-0.15, -0.1) is 0 Å². The summed E-state index contributed by atoms with van der Waals surface area (Å²) in [6, 6.07) is 11.7. The first-order valence-corrected chi connectivity index (χ1v) is 7.09. The summed E-state index contributed by atoms with van der Waals surface area (Å²) in [5, 5.41) is 3.29. The number of halogens is 1. The van der Waals surface area contributed by atoms with Gasteiger partial charge in [-0.2, -0.15) is 0 Å². The number of aromatic nitrogens is 1. The number of aryl methyl sites for hydroxylation is 1. The maximum atomic E-state index is 5.74. The fraction of sp³-hybridized carbons (Fsp3) is 0.267. The molecule has 0 aliphatic heterocycles. The van der Waals surface area contributed by atoms with Gasteiger partial charge in [0.15, 0.2) is 0 Å². The molecule has 0 bridgehead atoms. The molecule has 4 heteroatoms. The van der Waals surface area contributed by atoms with Crippen LogP contribution in [0.25, 0.3) is 0 Å². The molecule has 1 N–H and O–H groups in total. The minimum atomic E-state index is 0.621. The predicted molar refractivity (Wildman–Crippen MR) is 80.6 cm³/mol. The average molecular weight is 321 g/mol. The molecule has 0 fully saturated rings. The Balaban J connectivity index is 2.11. The van der Waals surface area contributed by atoms with Crippen LogP contribution >= 0.6 is 15.9 Å². The van der Waals surface area contributed by atoms with Crippen molar-refractivity contribution in [2.24, 2.45) is 0 Å². The van der Waals surface area contributed by atoms with E-state index in [-0.39, 0.29) is 0 Å². The van der Waals surface area contributed by atoms with Crippen LogP contribution in [-0.2, 0) is 6.54 Å². The van der Waals surface area contributed by atoms with Gasteiger partial charge in [0.25, 0.3) is 0 Å². The fourth-order valence-corrected chi connectivity index (χ4v) is 2.10. The number of nitrogens with one attached hydrogen (secondary N) is 1. The van der Waals surface area contributed by atoms with Crippen molar-refractivity contribution in [2.75, 3.05) is 6.54 Å². The Kier molecular flexibility index (Phi) is 4.93. The lowest BCUT2D eigenvalue weighted by Crippen LogP contribution is -2.13. The summed E-state index contributed by atoms with van der Waals surface area (Å²) in [7, 11) is 0. The van der Waals surface area contributed by atoms with Gasteiger partial charge in [0, 0.05) is 22.8 Å². The molecule has 19 heavy (non-hydrogen) atoms. The number of nitrogens with zero attached hydrogens (tertiary/aromatic N) is 1. The second-order valence-corrected chi connectivity index (χ2v) is 5.15. The first-order valence-electron chi connectivity index (χ1n) is 6.29. The summed E-state index contributed by atoms with van der Waals surface area (Å²) in [6.07, 6.45) is 0. The van der Waals surface area contributed by atoms with E-state index in [1.54, 1.807) is 0 Å². The monoisotopic (exact) mass is 320 g/mol. The third kappa shape index (κ3) is 4.04. The standard InChI is InChI=1S/C15H17BrN2O/c1-3-17-10-12-7-8-15(18-11(12)2)19-14-6-4-5-13(16)9-14/h4-9,17H,3,10H2,1-2H3. The van der Waals surface area contributed by atoms with Gasteiger partial charge in [-0.25, -0.2) is 4.98 Å². The minimum Gasteiger partial charge on any atom is -0.439 e. The Morgan fingerprint density at radius 1 is 1.26 bits per heavy atom. The highest BCUT2D eigenvalue weighted by molar-refractivity contribution is 9.10. The SMILES string of the molecule is CCNCc1ccc(Oc2cccc(Br)c2)nc1C. The van der Waals surface area contributed by atoms with Crippen LogP contribution in [0.15, 0.2) is 40.9 Å². The van der Waals surface area contributed by atoms with Gasteiger partial charge >= 0.3 is 0 Å². The van der Waals surface area contributed by atoms with Crippen molar-refractivity contribution >= 4 is 15.9 Å². The van der Waals surface area contributed by atoms with Gasteiger partial charge in [-0.05, 0) is 37.2 Å². The Bertz CT molecular complexity index is 558. The highest BCUT2D eigenvalue weighted by Crippen LogP contribution is 2.23. The Morgan fingerprint density at radius 2 is 2.11 bits per heavy atom. The molecule has 0 amide bonds. The zero-order chi connectivity index (χ0) is 13.7. The van der Waals surface area contributed by atoms with Crippen molar-refractivity contribution in [1.82, 2.24) is 10.3 Å². The lowest BCUT2D eigenvalue weighted by Gasteiger charge is -2.09. The maximum Gasteiger partial charge on any atom is 0.219 e. The van der Waals surface area contributed by atoms with E-state index < -0.39 is 0 Å². The number of benzene rings is 1. The summed E-state index contributed by atoms with van der Waals surface area (Å²) >= 11 is 3.42. The molecule has 2 rings (SSSR count). The lowest BCUT2D eigenvalue weighted by molar-refractivity contribution is 0.460. The molecule has 0 aliphatic rings. The zero-order valence-corrected chi connectivity index (χ0v) is 12.7. The van der Waals surface area contributed by atoms with Gasteiger partial charge < -0.3 is 10.1 Å². The smallest absolute Gasteiger partial charge is 0.219 e. The Labute approximate surface area is 122 Å². The molecule has 1 aromatic heterocycles. The molecule has 3 nitrogen and oxygen atoms in total. The van der Waals surface area contributed by atoms with E-state index in [0.29, 0.717) is 5.88 Å². The molecule has 1 heterocycles. The molecular weight excluding hydrogens is 304 g/mol. The topological polar surface area (TPSA) is 34.1 Å².